The van der Waals surface area contributed by atoms with E-state index in [1.165, 1.54) is 28.8 Å². The molecule has 3 heterocycles. The number of sulfonamides is 1. The van der Waals surface area contributed by atoms with Crippen molar-refractivity contribution in [2.45, 2.75) is 23.7 Å². The maximum absolute atomic E-state index is 13.5. The van der Waals surface area contributed by atoms with Crippen LogP contribution in [0.3, 0.4) is 0 Å². The maximum Gasteiger partial charge on any atom is 0.246 e. The van der Waals surface area contributed by atoms with E-state index in [1.54, 1.807) is 6.07 Å². The van der Waals surface area contributed by atoms with E-state index >= 15 is 0 Å². The second-order valence-corrected chi connectivity index (χ2v) is 8.53. The van der Waals surface area contributed by atoms with Crippen molar-refractivity contribution in [2.24, 2.45) is 0 Å². The second kappa shape index (κ2) is 7.21. The molecule has 6 nitrogen and oxygen atoms in total. The molecule has 1 fully saturated rings. The quantitative estimate of drug-likeness (QED) is 0.747. The van der Waals surface area contributed by atoms with Crippen LogP contribution in [0.15, 0.2) is 59.8 Å². The first kappa shape index (κ1) is 17.8. The van der Waals surface area contributed by atoms with Crippen LogP contribution < -0.4 is 0 Å². The topological polar surface area (TPSA) is 79.0 Å². The van der Waals surface area contributed by atoms with Crippen molar-refractivity contribution in [3.8, 4) is 11.3 Å². The van der Waals surface area contributed by atoms with Gasteiger partial charge >= 0.3 is 0 Å². The van der Waals surface area contributed by atoms with Crippen molar-refractivity contribution in [3.63, 3.8) is 0 Å². The van der Waals surface area contributed by atoms with Crippen LogP contribution in [0.1, 0.15) is 24.5 Å². The number of pyridine rings is 1. The zero-order valence-corrected chi connectivity index (χ0v) is 15.4. The molecule has 0 radical (unpaired) electrons. The summed E-state index contributed by atoms with van der Waals surface area (Å²) in [7, 11) is -3.57. The van der Waals surface area contributed by atoms with Crippen molar-refractivity contribution in [1.29, 1.82) is 0 Å². The van der Waals surface area contributed by atoms with Gasteiger partial charge in [-0.1, -0.05) is 18.2 Å². The van der Waals surface area contributed by atoms with Crippen LogP contribution in [-0.2, 0) is 10.0 Å². The maximum atomic E-state index is 13.5. The van der Waals surface area contributed by atoms with Gasteiger partial charge in [0.25, 0.3) is 0 Å². The van der Waals surface area contributed by atoms with Gasteiger partial charge in [-0.2, -0.15) is 9.40 Å². The Morgan fingerprint density at radius 1 is 1.19 bits per heavy atom. The molecule has 1 aromatic carbocycles. The van der Waals surface area contributed by atoms with Crippen molar-refractivity contribution < 1.29 is 12.8 Å². The number of halogens is 1. The number of H-pyrrole nitrogens is 1. The summed E-state index contributed by atoms with van der Waals surface area (Å²) in [5, 5.41) is 6.29. The highest BCUT2D eigenvalue weighted by atomic mass is 32.2. The van der Waals surface area contributed by atoms with Gasteiger partial charge in [-0.05, 0) is 37.1 Å². The van der Waals surface area contributed by atoms with Gasteiger partial charge in [0.15, 0.2) is 0 Å². The Kier molecular flexibility index (Phi) is 4.75. The lowest BCUT2D eigenvalue weighted by molar-refractivity contribution is 0.313. The predicted molar refractivity (Wildman–Crippen MR) is 99.0 cm³/mol. The number of hydrogen-bond acceptors (Lipinski definition) is 4. The van der Waals surface area contributed by atoms with E-state index in [2.05, 4.69) is 15.2 Å². The Labute approximate surface area is 157 Å². The summed E-state index contributed by atoms with van der Waals surface area (Å²) in [5.74, 6) is -0.316. The molecule has 27 heavy (non-hydrogen) atoms. The second-order valence-electron chi connectivity index (χ2n) is 6.59. The van der Waals surface area contributed by atoms with Crippen LogP contribution in [0.4, 0.5) is 4.39 Å². The molecule has 1 saturated heterocycles. The van der Waals surface area contributed by atoms with Crippen molar-refractivity contribution in [1.82, 2.24) is 19.5 Å². The van der Waals surface area contributed by atoms with Gasteiger partial charge in [-0.25, -0.2) is 12.8 Å². The molecule has 1 atom stereocenters. The molecular weight excluding hydrogens is 367 g/mol. The van der Waals surface area contributed by atoms with Gasteiger partial charge in [-0.3, -0.25) is 10.1 Å². The summed E-state index contributed by atoms with van der Waals surface area (Å²) in [4.78, 5) is 4.85. The average molecular weight is 386 g/mol. The lowest BCUT2D eigenvalue weighted by atomic mass is 9.95. The van der Waals surface area contributed by atoms with Gasteiger partial charge < -0.3 is 0 Å². The molecule has 140 valence electrons. The molecule has 0 aliphatic carbocycles. The predicted octanol–water partition coefficient (Wildman–Crippen LogP) is 3.18. The van der Waals surface area contributed by atoms with Crippen LogP contribution >= 0.6 is 0 Å². The van der Waals surface area contributed by atoms with Crippen LogP contribution in [0.5, 0.6) is 0 Å². The minimum absolute atomic E-state index is 0.00562. The summed E-state index contributed by atoms with van der Waals surface area (Å²) in [6, 6.07) is 11.9. The normalized spacial score (nSPS) is 18.5. The summed E-state index contributed by atoms with van der Waals surface area (Å²) in [6.45, 7) is 0.848. The molecule has 1 aliphatic heterocycles. The zero-order chi connectivity index (χ0) is 18.9. The molecule has 0 bridgehead atoms. The molecule has 1 N–H and O–H groups in total. The monoisotopic (exact) mass is 386 g/mol. The fraction of sp³-hybridized carbons (Fsp3) is 0.263. The molecule has 8 heteroatoms. The smallest absolute Gasteiger partial charge is 0.246 e. The SMILES string of the molecule is O=S(=O)(c1cn[nH]c1)N1CCCC(c2cccc(-c3cccc(F)c3)n2)C1. The first-order valence-corrected chi connectivity index (χ1v) is 10.2. The molecule has 0 spiro atoms. The largest absolute Gasteiger partial charge is 0.284 e. The standard InChI is InChI=1S/C19H19FN4O2S/c20-16-6-1-4-14(10-16)18-7-2-8-19(23-18)15-5-3-9-24(13-15)27(25,26)17-11-21-22-12-17/h1-2,4,6-8,10-12,15H,3,5,9,13H2,(H,21,22). The molecule has 4 rings (SSSR count). The van der Waals surface area contributed by atoms with E-state index in [0.29, 0.717) is 24.3 Å². The van der Waals surface area contributed by atoms with Crippen molar-refractivity contribution in [3.05, 3.63) is 66.4 Å². The Morgan fingerprint density at radius 3 is 2.81 bits per heavy atom. The average Bonchev–Trinajstić information content (AvgIpc) is 3.24. The van der Waals surface area contributed by atoms with Crippen molar-refractivity contribution in [2.75, 3.05) is 13.1 Å². The van der Waals surface area contributed by atoms with E-state index in [4.69, 9.17) is 0 Å². The number of aromatic amines is 1. The zero-order valence-electron chi connectivity index (χ0n) is 14.5. The number of aromatic nitrogens is 3. The number of piperidine rings is 1. The first-order valence-electron chi connectivity index (χ1n) is 8.76. The number of nitrogens with zero attached hydrogens (tertiary/aromatic N) is 3. The summed E-state index contributed by atoms with van der Waals surface area (Å²) in [5.41, 5.74) is 2.21. The molecule has 1 aliphatic rings. The first-order chi connectivity index (χ1) is 13.0. The van der Waals surface area contributed by atoms with Gasteiger partial charge in [0.2, 0.25) is 10.0 Å². The van der Waals surface area contributed by atoms with E-state index in [9.17, 15) is 12.8 Å². The summed E-state index contributed by atoms with van der Waals surface area (Å²) >= 11 is 0. The number of rotatable bonds is 4. The number of nitrogens with one attached hydrogen (secondary N) is 1. The van der Waals surface area contributed by atoms with Gasteiger partial charge in [0.1, 0.15) is 10.7 Å². The van der Waals surface area contributed by atoms with Gasteiger partial charge in [-0.15, -0.1) is 0 Å². The lowest BCUT2D eigenvalue weighted by Crippen LogP contribution is -2.39. The fourth-order valence-electron chi connectivity index (χ4n) is 3.42. The van der Waals surface area contributed by atoms with E-state index in [1.807, 2.05) is 24.3 Å². The fourth-order valence-corrected chi connectivity index (χ4v) is 4.85. The van der Waals surface area contributed by atoms with Gasteiger partial charge in [0, 0.05) is 36.5 Å². The molecule has 3 aromatic rings. The third-order valence-electron chi connectivity index (χ3n) is 4.80. The van der Waals surface area contributed by atoms with E-state index in [-0.39, 0.29) is 16.6 Å². The molecule has 1 unspecified atom stereocenters. The van der Waals surface area contributed by atoms with Crippen LogP contribution in [0.25, 0.3) is 11.3 Å². The molecule has 0 saturated carbocycles. The van der Waals surface area contributed by atoms with Crippen LogP contribution in [0.2, 0.25) is 0 Å². The minimum atomic E-state index is -3.57. The molecule has 0 amide bonds. The Balaban J connectivity index is 1.60. The number of benzene rings is 1. The third kappa shape index (κ3) is 3.63. The summed E-state index contributed by atoms with van der Waals surface area (Å²) < 4.78 is 40.5. The minimum Gasteiger partial charge on any atom is -0.284 e. The Morgan fingerprint density at radius 2 is 2.04 bits per heavy atom. The van der Waals surface area contributed by atoms with Crippen molar-refractivity contribution >= 4 is 10.0 Å². The van der Waals surface area contributed by atoms with E-state index in [0.717, 1.165) is 18.5 Å². The Bertz CT molecular complexity index is 1040. The highest BCUT2D eigenvalue weighted by Gasteiger charge is 2.32. The lowest BCUT2D eigenvalue weighted by Gasteiger charge is -2.31. The Hall–Kier alpha value is -2.58. The van der Waals surface area contributed by atoms with Crippen LogP contribution in [-0.4, -0.2) is 41.0 Å². The highest BCUT2D eigenvalue weighted by molar-refractivity contribution is 7.89. The van der Waals surface area contributed by atoms with Gasteiger partial charge in [0.05, 0.1) is 11.9 Å². The highest BCUT2D eigenvalue weighted by Crippen LogP contribution is 2.30. The third-order valence-corrected chi connectivity index (χ3v) is 6.63. The van der Waals surface area contributed by atoms with Crippen LogP contribution in [0, 0.1) is 5.82 Å². The molecule has 2 aromatic heterocycles. The molecular formula is C19H19FN4O2S. The van der Waals surface area contributed by atoms with E-state index < -0.39 is 10.0 Å². The number of hydrogen-bond donors (Lipinski definition) is 1. The summed E-state index contributed by atoms with van der Waals surface area (Å²) in [6.07, 6.45) is 4.33.